The maximum Gasteiger partial charge on any atom is 0.186 e. The van der Waals surface area contributed by atoms with E-state index in [1.165, 1.54) is 5.56 Å². The van der Waals surface area contributed by atoms with Crippen molar-refractivity contribution in [3.05, 3.63) is 47.2 Å². The van der Waals surface area contributed by atoms with Crippen LogP contribution in [-0.2, 0) is 16.0 Å². The number of rotatable bonds is 7. The number of thiazole rings is 1. The summed E-state index contributed by atoms with van der Waals surface area (Å²) in [6.07, 6.45) is 2.02. The highest BCUT2D eigenvalue weighted by molar-refractivity contribution is 7.22. The number of aryl methyl sites for hydroxylation is 1. The Morgan fingerprint density at radius 3 is 2.65 bits per heavy atom. The van der Waals surface area contributed by atoms with Gasteiger partial charge in [-0.1, -0.05) is 11.3 Å². The third kappa shape index (κ3) is 4.59. The summed E-state index contributed by atoms with van der Waals surface area (Å²) in [6, 6.07) is 8.31. The third-order valence-electron chi connectivity index (χ3n) is 6.89. The highest BCUT2D eigenvalue weighted by atomic mass is 32.1. The van der Waals surface area contributed by atoms with Gasteiger partial charge >= 0.3 is 0 Å². The van der Waals surface area contributed by atoms with Gasteiger partial charge < -0.3 is 14.4 Å². The van der Waals surface area contributed by atoms with Crippen molar-refractivity contribution in [1.29, 1.82) is 0 Å². The van der Waals surface area contributed by atoms with E-state index in [9.17, 15) is 4.79 Å². The Kier molecular flexibility index (Phi) is 6.71. The summed E-state index contributed by atoms with van der Waals surface area (Å²) in [5, 5.41) is 2.03. The summed E-state index contributed by atoms with van der Waals surface area (Å²) in [5.74, 6) is 0.840. The molecule has 3 heterocycles. The molecular formula is C30H35N3O3S. The number of anilines is 1. The fourth-order valence-electron chi connectivity index (χ4n) is 5.24. The van der Waals surface area contributed by atoms with Gasteiger partial charge in [-0.2, -0.15) is 0 Å². The Morgan fingerprint density at radius 2 is 1.97 bits per heavy atom. The van der Waals surface area contributed by atoms with Crippen LogP contribution in [0.25, 0.3) is 32.2 Å². The quantitative estimate of drug-likeness (QED) is 0.262. The molecule has 1 atom stereocenters. The first kappa shape index (κ1) is 25.6. The number of carbonyl (C=O) groups is 1. The normalized spacial score (nSPS) is 14.1. The number of fused-ring (bicyclic) bond motifs is 1. The molecule has 0 radical (unpaired) electrons. The van der Waals surface area contributed by atoms with E-state index in [4.69, 9.17) is 19.4 Å². The Morgan fingerprint density at radius 1 is 1.22 bits per heavy atom. The lowest BCUT2D eigenvalue weighted by Gasteiger charge is -2.29. The third-order valence-corrected chi connectivity index (χ3v) is 8.04. The molecule has 7 heteroatoms. The van der Waals surface area contributed by atoms with Crippen molar-refractivity contribution in [2.24, 2.45) is 0 Å². The van der Waals surface area contributed by atoms with Crippen molar-refractivity contribution >= 4 is 43.4 Å². The van der Waals surface area contributed by atoms with E-state index in [-0.39, 0.29) is 5.78 Å². The van der Waals surface area contributed by atoms with E-state index >= 15 is 0 Å². The number of Topliss-reactive ketones (excluding diaryl/α,β-unsaturated/α-hetero) is 1. The summed E-state index contributed by atoms with van der Waals surface area (Å²) in [4.78, 5) is 25.3. The van der Waals surface area contributed by atoms with Gasteiger partial charge in [0.15, 0.2) is 10.9 Å². The van der Waals surface area contributed by atoms with Crippen LogP contribution >= 0.6 is 11.3 Å². The molecule has 0 saturated heterocycles. The molecule has 4 aromatic rings. The van der Waals surface area contributed by atoms with Gasteiger partial charge in [0.25, 0.3) is 0 Å². The molecule has 0 fully saturated rings. The highest BCUT2D eigenvalue weighted by Crippen LogP contribution is 2.47. The van der Waals surface area contributed by atoms with Gasteiger partial charge in [0.05, 0.1) is 27.9 Å². The molecule has 6 nitrogen and oxygen atoms in total. The summed E-state index contributed by atoms with van der Waals surface area (Å²) >= 11 is 1.67. The molecule has 0 unspecified atom stereocenters. The Labute approximate surface area is 222 Å². The highest BCUT2D eigenvalue weighted by Gasteiger charge is 2.32. The lowest BCUT2D eigenvalue weighted by molar-refractivity contribution is -0.138. The van der Waals surface area contributed by atoms with Crippen LogP contribution < -0.4 is 9.64 Å². The van der Waals surface area contributed by atoms with Crippen LogP contribution in [-0.4, -0.2) is 41.0 Å². The molecule has 0 spiro atoms. The van der Waals surface area contributed by atoms with E-state index in [2.05, 4.69) is 43.9 Å². The first-order valence-electron chi connectivity index (χ1n) is 13.0. The molecule has 1 aliphatic heterocycles. The second-order valence-corrected chi connectivity index (χ2v) is 11.6. The lowest BCUT2D eigenvalue weighted by Crippen LogP contribution is -2.27. The van der Waals surface area contributed by atoms with Gasteiger partial charge in [0, 0.05) is 47.8 Å². The van der Waals surface area contributed by atoms with Crippen molar-refractivity contribution in [3.8, 4) is 16.9 Å². The fourth-order valence-corrected chi connectivity index (χ4v) is 6.48. The van der Waals surface area contributed by atoms with Gasteiger partial charge in [-0.25, -0.2) is 4.98 Å². The van der Waals surface area contributed by atoms with Gasteiger partial charge in [0.1, 0.15) is 11.9 Å². The zero-order valence-electron chi connectivity index (χ0n) is 22.8. The zero-order valence-corrected chi connectivity index (χ0v) is 23.6. The van der Waals surface area contributed by atoms with E-state index in [1.807, 2.05) is 33.0 Å². The topological polar surface area (TPSA) is 64.6 Å². The molecule has 0 N–H and O–H groups in total. The summed E-state index contributed by atoms with van der Waals surface area (Å²) < 4.78 is 13.5. The number of benzene rings is 2. The van der Waals surface area contributed by atoms with Crippen LogP contribution in [0.5, 0.6) is 5.75 Å². The zero-order chi connectivity index (χ0) is 26.5. The smallest absolute Gasteiger partial charge is 0.186 e. The minimum atomic E-state index is -0.708. The predicted molar refractivity (Wildman–Crippen MR) is 152 cm³/mol. The molecule has 37 heavy (non-hydrogen) atoms. The second kappa shape index (κ2) is 9.69. The van der Waals surface area contributed by atoms with Crippen LogP contribution in [0.4, 0.5) is 5.13 Å². The van der Waals surface area contributed by atoms with E-state index < -0.39 is 11.7 Å². The molecule has 5 rings (SSSR count). The van der Waals surface area contributed by atoms with Crippen molar-refractivity contribution < 1.29 is 14.3 Å². The second-order valence-electron chi connectivity index (χ2n) is 10.6. The summed E-state index contributed by atoms with van der Waals surface area (Å²) in [7, 11) is 0. The van der Waals surface area contributed by atoms with Crippen LogP contribution in [0.2, 0.25) is 0 Å². The van der Waals surface area contributed by atoms with Crippen molar-refractivity contribution in [2.45, 2.75) is 66.6 Å². The Balaban J connectivity index is 1.89. The first-order chi connectivity index (χ1) is 17.6. The standard InChI is InChI=1S/C30H35N3O3S/c1-8-33(9-2)29-32-21-16-17(3)23(27(18(4)34)36-30(5,6)7)25(28(21)37-29)20-10-11-22-24-19(13-15-35-22)12-14-31-26(20)24/h10-12,14,16,27H,8-9,13,15H2,1-7H3/t27-/m1/s1. The average molecular weight is 518 g/mol. The van der Waals surface area contributed by atoms with E-state index in [0.717, 1.165) is 73.8 Å². The van der Waals surface area contributed by atoms with E-state index in [1.54, 1.807) is 18.3 Å². The number of aromatic nitrogens is 2. The summed E-state index contributed by atoms with van der Waals surface area (Å²) in [6.45, 7) is 16.3. The molecule has 2 aromatic carbocycles. The maximum absolute atomic E-state index is 13.1. The minimum absolute atomic E-state index is 0.0221. The molecule has 0 amide bonds. The lowest BCUT2D eigenvalue weighted by atomic mass is 9.88. The van der Waals surface area contributed by atoms with Gasteiger partial charge in [-0.05, 0) is 83.9 Å². The predicted octanol–water partition coefficient (Wildman–Crippen LogP) is 7.05. The Bertz CT molecular complexity index is 1490. The monoisotopic (exact) mass is 517 g/mol. The number of carbonyl (C=O) groups excluding carboxylic acids is 1. The molecule has 2 aromatic heterocycles. The van der Waals surface area contributed by atoms with Crippen LogP contribution in [0, 0.1) is 6.92 Å². The number of nitrogens with zero attached hydrogens (tertiary/aromatic N) is 3. The fraction of sp³-hybridized carbons (Fsp3) is 0.433. The molecule has 194 valence electrons. The van der Waals surface area contributed by atoms with Crippen molar-refractivity contribution in [2.75, 3.05) is 24.6 Å². The molecule has 0 aliphatic carbocycles. The van der Waals surface area contributed by atoms with Gasteiger partial charge in [-0.15, -0.1) is 0 Å². The molecule has 0 saturated carbocycles. The Hall–Kier alpha value is -3.03. The average Bonchev–Trinajstić information content (AvgIpc) is 3.26. The number of ether oxygens (including phenoxy) is 2. The number of pyridine rings is 1. The SMILES string of the molecule is CCN(CC)c1nc2cc(C)c([C@H](OC(C)(C)C)C(C)=O)c(-c3ccc4c5c(ccnc35)CCO4)c2s1. The first-order valence-corrected chi connectivity index (χ1v) is 13.9. The molecule has 1 aliphatic rings. The molecular weight excluding hydrogens is 482 g/mol. The maximum atomic E-state index is 13.1. The van der Waals surface area contributed by atoms with Crippen molar-refractivity contribution in [3.63, 3.8) is 0 Å². The van der Waals surface area contributed by atoms with Crippen LogP contribution in [0.1, 0.15) is 64.3 Å². The number of hydrogen-bond donors (Lipinski definition) is 0. The van der Waals surface area contributed by atoms with E-state index in [0.29, 0.717) is 6.61 Å². The summed E-state index contributed by atoms with van der Waals surface area (Å²) in [5.41, 5.74) is 6.40. The van der Waals surface area contributed by atoms with Crippen LogP contribution in [0.3, 0.4) is 0 Å². The van der Waals surface area contributed by atoms with Gasteiger partial charge in [0.2, 0.25) is 0 Å². The number of ketones is 1. The van der Waals surface area contributed by atoms with Crippen LogP contribution in [0.15, 0.2) is 30.5 Å². The van der Waals surface area contributed by atoms with Crippen molar-refractivity contribution in [1.82, 2.24) is 9.97 Å². The molecule has 0 bridgehead atoms. The largest absolute Gasteiger partial charge is 0.493 e. The number of hydrogen-bond acceptors (Lipinski definition) is 7. The minimum Gasteiger partial charge on any atom is -0.493 e. The van der Waals surface area contributed by atoms with Gasteiger partial charge in [-0.3, -0.25) is 9.78 Å².